The van der Waals surface area contributed by atoms with Gasteiger partial charge in [-0.05, 0) is 59.5 Å². The van der Waals surface area contributed by atoms with E-state index in [-0.39, 0.29) is 37.9 Å². The predicted molar refractivity (Wildman–Crippen MR) is 112 cm³/mol. The number of thiophene rings is 1. The molecule has 0 unspecified atom stereocenters. The lowest BCUT2D eigenvalue weighted by atomic mass is 9.93. The van der Waals surface area contributed by atoms with Crippen LogP contribution in [0, 0.1) is 6.92 Å². The summed E-state index contributed by atoms with van der Waals surface area (Å²) in [5.41, 5.74) is -3.92. The first-order valence-corrected chi connectivity index (χ1v) is 10.4. The minimum Gasteiger partial charge on any atom is -0.392 e. The third-order valence-corrected chi connectivity index (χ3v) is 6.62. The smallest absolute Gasteiger partial charge is 0.392 e. The first-order valence-electron chi connectivity index (χ1n) is 8.87. The van der Waals surface area contributed by atoms with Gasteiger partial charge in [-0.15, -0.1) is 11.3 Å². The lowest BCUT2D eigenvalue weighted by molar-refractivity contribution is -0.374. The average Bonchev–Trinajstić information content (AvgIpc) is 3.10. The molecule has 172 valence electrons. The lowest BCUT2D eigenvalue weighted by Crippen LogP contribution is -2.53. The van der Waals surface area contributed by atoms with E-state index in [9.17, 15) is 36.6 Å². The Morgan fingerprint density at radius 1 is 0.812 bits per heavy atom. The number of aliphatic hydroxyl groups is 2. The van der Waals surface area contributed by atoms with Crippen molar-refractivity contribution in [2.45, 2.75) is 31.5 Å². The van der Waals surface area contributed by atoms with Gasteiger partial charge in [-0.25, -0.2) is 0 Å². The van der Waals surface area contributed by atoms with Crippen LogP contribution in [0.2, 0.25) is 10.0 Å². The molecule has 2 aromatic carbocycles. The zero-order valence-corrected chi connectivity index (χ0v) is 18.4. The van der Waals surface area contributed by atoms with E-state index >= 15 is 0 Å². The third kappa shape index (κ3) is 4.24. The monoisotopic (exact) mass is 514 g/mol. The number of rotatable bonds is 4. The Morgan fingerprint density at radius 3 is 1.84 bits per heavy atom. The highest BCUT2D eigenvalue weighted by molar-refractivity contribution is 7.16. The number of hydrogen-bond donors (Lipinski definition) is 2. The third-order valence-electron chi connectivity index (χ3n) is 4.87. The molecule has 0 fully saturated rings. The average molecular weight is 515 g/mol. The quantitative estimate of drug-likeness (QED) is 0.354. The number of halogens is 8. The Labute approximate surface area is 192 Å². The molecule has 2 N–H and O–H groups in total. The van der Waals surface area contributed by atoms with Crippen LogP contribution in [0.5, 0.6) is 0 Å². The standard InChI is InChI=1S/C21H14Cl2F6O2S/c1-10-6-12(22)2-4-14(10)18-16(15-5-3-13(23)7-11(15)9-30)8-17(32-18)19(31,20(24,25)26)21(27,28)29/h2-8,30-31H,9H2,1H3. The maximum absolute atomic E-state index is 13.5. The Bertz CT molecular complexity index is 1140. The lowest BCUT2D eigenvalue weighted by Gasteiger charge is -2.31. The van der Waals surface area contributed by atoms with Crippen molar-refractivity contribution < 1.29 is 36.6 Å². The van der Waals surface area contributed by atoms with Gasteiger partial charge in [0.05, 0.1) is 11.5 Å². The van der Waals surface area contributed by atoms with Gasteiger partial charge in [-0.1, -0.05) is 35.3 Å². The number of hydrogen-bond acceptors (Lipinski definition) is 3. The fraction of sp³-hybridized carbons (Fsp3) is 0.238. The van der Waals surface area contributed by atoms with Crippen molar-refractivity contribution in [1.29, 1.82) is 0 Å². The van der Waals surface area contributed by atoms with Crippen LogP contribution in [0.1, 0.15) is 16.0 Å². The highest BCUT2D eigenvalue weighted by Crippen LogP contribution is 2.55. The van der Waals surface area contributed by atoms with Crippen molar-refractivity contribution in [1.82, 2.24) is 0 Å². The molecule has 0 atom stereocenters. The van der Waals surface area contributed by atoms with Crippen LogP contribution in [0.25, 0.3) is 21.6 Å². The number of aryl methyl sites for hydroxylation is 1. The summed E-state index contributed by atoms with van der Waals surface area (Å²) < 4.78 is 81.1. The van der Waals surface area contributed by atoms with Crippen molar-refractivity contribution in [3.8, 4) is 21.6 Å². The molecule has 32 heavy (non-hydrogen) atoms. The van der Waals surface area contributed by atoms with E-state index in [0.717, 1.165) is 0 Å². The Hall–Kier alpha value is -1.78. The second-order valence-corrected chi connectivity index (χ2v) is 8.90. The Kier molecular flexibility index (Phi) is 6.63. The fourth-order valence-electron chi connectivity index (χ4n) is 3.25. The van der Waals surface area contributed by atoms with Crippen molar-refractivity contribution in [3.63, 3.8) is 0 Å². The zero-order valence-electron chi connectivity index (χ0n) is 16.1. The van der Waals surface area contributed by atoms with E-state index in [2.05, 4.69) is 0 Å². The molecule has 1 heterocycles. The molecule has 0 amide bonds. The topological polar surface area (TPSA) is 40.5 Å². The highest BCUT2D eigenvalue weighted by Gasteiger charge is 2.72. The van der Waals surface area contributed by atoms with Gasteiger partial charge in [0.1, 0.15) is 0 Å². The second kappa shape index (κ2) is 8.53. The van der Waals surface area contributed by atoms with Gasteiger partial charge in [0.2, 0.25) is 0 Å². The molecule has 0 spiro atoms. The first-order chi connectivity index (χ1) is 14.7. The molecule has 0 saturated carbocycles. The summed E-state index contributed by atoms with van der Waals surface area (Å²) in [6, 6.07) is 9.20. The molecule has 3 rings (SSSR count). The molecular weight excluding hydrogens is 501 g/mol. The molecule has 11 heteroatoms. The number of aliphatic hydroxyl groups excluding tert-OH is 1. The van der Waals surface area contributed by atoms with Crippen LogP contribution in [0.3, 0.4) is 0 Å². The molecule has 2 nitrogen and oxygen atoms in total. The Balaban J connectivity index is 2.40. The maximum atomic E-state index is 13.5. The van der Waals surface area contributed by atoms with Crippen LogP contribution < -0.4 is 0 Å². The number of benzene rings is 2. The molecule has 1 aromatic heterocycles. The minimum absolute atomic E-state index is 0.0249. The summed E-state index contributed by atoms with van der Waals surface area (Å²) in [7, 11) is 0. The predicted octanol–water partition coefficient (Wildman–Crippen LogP) is 7.50. The molecule has 0 bridgehead atoms. The van der Waals surface area contributed by atoms with Gasteiger partial charge in [0.25, 0.3) is 5.60 Å². The summed E-state index contributed by atoms with van der Waals surface area (Å²) >= 11 is 12.0. The molecule has 0 aliphatic rings. The first kappa shape index (κ1) is 24.9. The van der Waals surface area contributed by atoms with E-state index in [1.165, 1.54) is 36.4 Å². The summed E-state index contributed by atoms with van der Waals surface area (Å²) in [6.07, 6.45) is -12.1. The van der Waals surface area contributed by atoms with E-state index in [0.29, 0.717) is 22.2 Å². The van der Waals surface area contributed by atoms with E-state index < -0.39 is 29.4 Å². The molecular formula is C21H14Cl2F6O2S. The number of alkyl halides is 6. The summed E-state index contributed by atoms with van der Waals surface area (Å²) in [6.45, 7) is 1.03. The van der Waals surface area contributed by atoms with Crippen molar-refractivity contribution in [2.24, 2.45) is 0 Å². The summed E-state index contributed by atoms with van der Waals surface area (Å²) in [5, 5.41) is 20.2. The normalized spacial score (nSPS) is 13.0. The van der Waals surface area contributed by atoms with Crippen LogP contribution in [0.15, 0.2) is 42.5 Å². The largest absolute Gasteiger partial charge is 0.431 e. The van der Waals surface area contributed by atoms with Crippen LogP contribution in [-0.2, 0) is 12.2 Å². The SMILES string of the molecule is Cc1cc(Cl)ccc1-c1sc(C(O)(C(F)(F)F)C(F)(F)F)cc1-c1ccc(Cl)cc1CO. The van der Waals surface area contributed by atoms with Crippen molar-refractivity contribution >= 4 is 34.5 Å². The zero-order chi connectivity index (χ0) is 24.1. The molecule has 0 aliphatic carbocycles. The molecule has 0 aliphatic heterocycles. The van der Waals surface area contributed by atoms with E-state index in [1.54, 1.807) is 6.92 Å². The fourth-order valence-corrected chi connectivity index (χ4v) is 5.06. The summed E-state index contributed by atoms with van der Waals surface area (Å²) in [4.78, 5) is -1.31. The van der Waals surface area contributed by atoms with Crippen molar-refractivity contribution in [3.05, 3.63) is 68.5 Å². The van der Waals surface area contributed by atoms with Gasteiger partial charge < -0.3 is 10.2 Å². The van der Waals surface area contributed by atoms with Gasteiger partial charge in [0.15, 0.2) is 0 Å². The summed E-state index contributed by atoms with van der Waals surface area (Å²) in [5.74, 6) is 0. The van der Waals surface area contributed by atoms with Gasteiger partial charge >= 0.3 is 12.4 Å². The molecule has 3 aromatic rings. The van der Waals surface area contributed by atoms with Gasteiger partial charge in [0, 0.05) is 20.5 Å². The van der Waals surface area contributed by atoms with E-state index in [1.807, 2.05) is 0 Å². The second-order valence-electron chi connectivity index (χ2n) is 6.98. The van der Waals surface area contributed by atoms with Crippen LogP contribution in [0.4, 0.5) is 26.3 Å². The van der Waals surface area contributed by atoms with Crippen LogP contribution in [-0.4, -0.2) is 22.6 Å². The van der Waals surface area contributed by atoms with Gasteiger partial charge in [-0.3, -0.25) is 0 Å². The highest BCUT2D eigenvalue weighted by atomic mass is 35.5. The molecule has 0 saturated heterocycles. The van der Waals surface area contributed by atoms with Crippen LogP contribution >= 0.6 is 34.5 Å². The van der Waals surface area contributed by atoms with Gasteiger partial charge in [-0.2, -0.15) is 26.3 Å². The Morgan fingerprint density at radius 2 is 1.34 bits per heavy atom. The van der Waals surface area contributed by atoms with Crippen molar-refractivity contribution in [2.75, 3.05) is 0 Å². The minimum atomic E-state index is -6.03. The van der Waals surface area contributed by atoms with E-state index in [4.69, 9.17) is 23.2 Å². The molecule has 0 radical (unpaired) electrons. The maximum Gasteiger partial charge on any atom is 0.431 e.